The number of hydrogen-bond donors (Lipinski definition) is 2. The van der Waals surface area contributed by atoms with E-state index in [1.807, 2.05) is 18.2 Å². The first-order chi connectivity index (χ1) is 11.6. The van der Waals surface area contributed by atoms with Gasteiger partial charge in [-0.25, -0.2) is 4.85 Å². The summed E-state index contributed by atoms with van der Waals surface area (Å²) in [4.78, 5) is 15.1. The third-order valence-electron chi connectivity index (χ3n) is 3.23. The minimum atomic E-state index is 0.0237. The number of nitrogen functional groups attached to an aromatic ring is 2. The molecule has 4 N–H and O–H groups in total. The van der Waals surface area contributed by atoms with Gasteiger partial charge in [0.15, 0.2) is 11.5 Å². The molecule has 0 aliphatic heterocycles. The molecule has 0 radical (unpaired) electrons. The maximum absolute atomic E-state index is 11.9. The van der Waals surface area contributed by atoms with Gasteiger partial charge >= 0.3 is 0 Å². The van der Waals surface area contributed by atoms with Crippen molar-refractivity contribution in [3.8, 4) is 0 Å². The lowest BCUT2D eigenvalue weighted by Gasteiger charge is -2.00. The van der Waals surface area contributed by atoms with Crippen LogP contribution in [0.5, 0.6) is 0 Å². The number of anilines is 2. The summed E-state index contributed by atoms with van der Waals surface area (Å²) in [6, 6.07) is 23.0. The Kier molecular flexibility index (Phi) is 5.71. The number of benzene rings is 3. The number of carbonyl (C=O) groups is 1. The Balaban J connectivity index is 0.000000198. The van der Waals surface area contributed by atoms with Crippen molar-refractivity contribution in [1.82, 2.24) is 0 Å². The summed E-state index contributed by atoms with van der Waals surface area (Å²) < 4.78 is 0. The van der Waals surface area contributed by atoms with E-state index in [1.165, 1.54) is 0 Å². The van der Waals surface area contributed by atoms with Gasteiger partial charge in [0.1, 0.15) is 0 Å². The first kappa shape index (κ1) is 16.8. The number of nitrogens with zero attached hydrogens (tertiary/aromatic N) is 1. The van der Waals surface area contributed by atoms with Crippen molar-refractivity contribution in [3.05, 3.63) is 101 Å². The molecule has 3 aromatic carbocycles. The van der Waals surface area contributed by atoms with Gasteiger partial charge in [0.2, 0.25) is 0 Å². The monoisotopic (exact) mass is 315 g/mol. The van der Waals surface area contributed by atoms with E-state index in [-0.39, 0.29) is 5.78 Å². The highest BCUT2D eigenvalue weighted by atomic mass is 16.1. The molecule has 4 nitrogen and oxygen atoms in total. The van der Waals surface area contributed by atoms with E-state index in [0.717, 1.165) is 0 Å². The summed E-state index contributed by atoms with van der Waals surface area (Å²) in [6.07, 6.45) is 0. The molecule has 3 aromatic rings. The maximum Gasteiger partial charge on any atom is 0.193 e. The SMILES string of the molecule is Nc1ccc(C(=O)c2ccccc2)cc1.[C-]#[N+]c1ccc(N)cc1. The Morgan fingerprint density at radius 3 is 1.67 bits per heavy atom. The molecule has 0 amide bonds. The van der Waals surface area contributed by atoms with Crippen LogP contribution in [-0.2, 0) is 0 Å². The zero-order chi connectivity index (χ0) is 17.4. The average Bonchev–Trinajstić information content (AvgIpc) is 2.64. The molecule has 0 saturated carbocycles. The molecule has 24 heavy (non-hydrogen) atoms. The highest BCUT2D eigenvalue weighted by Gasteiger charge is 2.07. The quantitative estimate of drug-likeness (QED) is 0.420. The van der Waals surface area contributed by atoms with Gasteiger partial charge in [-0.1, -0.05) is 42.5 Å². The summed E-state index contributed by atoms with van der Waals surface area (Å²) in [5.41, 5.74) is 14.3. The second-order valence-electron chi connectivity index (χ2n) is 5.02. The molecule has 0 unspecified atom stereocenters. The minimum Gasteiger partial charge on any atom is -0.399 e. The predicted octanol–water partition coefficient (Wildman–Crippen LogP) is 4.32. The van der Waals surface area contributed by atoms with Crippen LogP contribution in [0.1, 0.15) is 15.9 Å². The van der Waals surface area contributed by atoms with E-state index in [2.05, 4.69) is 4.85 Å². The van der Waals surface area contributed by atoms with E-state index in [1.54, 1.807) is 60.7 Å². The van der Waals surface area contributed by atoms with Gasteiger partial charge in [-0.2, -0.15) is 0 Å². The van der Waals surface area contributed by atoms with Crippen LogP contribution in [0.2, 0.25) is 0 Å². The molecule has 0 atom stereocenters. The predicted molar refractivity (Wildman–Crippen MR) is 97.8 cm³/mol. The van der Waals surface area contributed by atoms with E-state index in [4.69, 9.17) is 18.0 Å². The lowest BCUT2D eigenvalue weighted by molar-refractivity contribution is 0.103. The number of hydrogen-bond acceptors (Lipinski definition) is 3. The second kappa shape index (κ2) is 8.16. The van der Waals surface area contributed by atoms with Gasteiger partial charge in [0.25, 0.3) is 0 Å². The summed E-state index contributed by atoms with van der Waals surface area (Å²) in [5.74, 6) is 0.0237. The lowest BCUT2D eigenvalue weighted by atomic mass is 10.0. The fourth-order valence-electron chi connectivity index (χ4n) is 1.94. The van der Waals surface area contributed by atoms with Crippen LogP contribution in [0.25, 0.3) is 4.85 Å². The summed E-state index contributed by atoms with van der Waals surface area (Å²) in [7, 11) is 0. The van der Waals surface area contributed by atoms with Gasteiger partial charge in [-0.15, -0.1) is 0 Å². The molecule has 0 aliphatic carbocycles. The van der Waals surface area contributed by atoms with Crippen LogP contribution in [0.15, 0.2) is 78.9 Å². The first-order valence-corrected chi connectivity index (χ1v) is 7.28. The van der Waals surface area contributed by atoms with E-state index in [0.29, 0.717) is 28.2 Å². The third kappa shape index (κ3) is 4.72. The van der Waals surface area contributed by atoms with Crippen molar-refractivity contribution in [2.45, 2.75) is 0 Å². The molecular formula is C20H17N3O. The van der Waals surface area contributed by atoms with Crippen molar-refractivity contribution in [1.29, 1.82) is 0 Å². The fourth-order valence-corrected chi connectivity index (χ4v) is 1.94. The average molecular weight is 315 g/mol. The van der Waals surface area contributed by atoms with Crippen molar-refractivity contribution >= 4 is 22.8 Å². The molecular weight excluding hydrogens is 298 g/mol. The first-order valence-electron chi connectivity index (χ1n) is 7.28. The smallest absolute Gasteiger partial charge is 0.193 e. The van der Waals surface area contributed by atoms with Crippen molar-refractivity contribution in [3.63, 3.8) is 0 Å². The highest BCUT2D eigenvalue weighted by Crippen LogP contribution is 2.13. The molecule has 118 valence electrons. The van der Waals surface area contributed by atoms with Crippen molar-refractivity contribution in [2.75, 3.05) is 11.5 Å². The fraction of sp³-hybridized carbons (Fsp3) is 0. The normalized spacial score (nSPS) is 9.29. The van der Waals surface area contributed by atoms with E-state index in [9.17, 15) is 4.79 Å². The number of nitrogens with two attached hydrogens (primary N) is 2. The van der Waals surface area contributed by atoms with E-state index < -0.39 is 0 Å². The van der Waals surface area contributed by atoms with E-state index >= 15 is 0 Å². The molecule has 0 fully saturated rings. The summed E-state index contributed by atoms with van der Waals surface area (Å²) in [5, 5.41) is 0. The van der Waals surface area contributed by atoms with Crippen LogP contribution < -0.4 is 11.5 Å². The van der Waals surface area contributed by atoms with Crippen LogP contribution >= 0.6 is 0 Å². The molecule has 0 aromatic heterocycles. The largest absolute Gasteiger partial charge is 0.399 e. The summed E-state index contributed by atoms with van der Waals surface area (Å²) in [6.45, 7) is 6.60. The second-order valence-corrected chi connectivity index (χ2v) is 5.02. The van der Waals surface area contributed by atoms with Crippen molar-refractivity contribution < 1.29 is 4.79 Å². The molecule has 3 rings (SSSR count). The van der Waals surface area contributed by atoms with Crippen LogP contribution in [0, 0.1) is 6.57 Å². The number of carbonyl (C=O) groups excluding carboxylic acids is 1. The Hall–Kier alpha value is -3.58. The third-order valence-corrected chi connectivity index (χ3v) is 3.23. The Labute approximate surface area is 141 Å². The van der Waals surface area contributed by atoms with Crippen LogP contribution in [-0.4, -0.2) is 5.78 Å². The maximum atomic E-state index is 11.9. The Bertz CT molecular complexity index is 833. The van der Waals surface area contributed by atoms with Gasteiger partial charge in [0, 0.05) is 22.5 Å². The van der Waals surface area contributed by atoms with Crippen molar-refractivity contribution in [2.24, 2.45) is 0 Å². The van der Waals surface area contributed by atoms with Crippen LogP contribution in [0.4, 0.5) is 17.1 Å². The number of rotatable bonds is 2. The highest BCUT2D eigenvalue weighted by molar-refractivity contribution is 6.09. The molecule has 0 heterocycles. The molecule has 4 heteroatoms. The number of ketones is 1. The zero-order valence-corrected chi connectivity index (χ0v) is 13.0. The summed E-state index contributed by atoms with van der Waals surface area (Å²) >= 11 is 0. The molecule has 0 aliphatic rings. The van der Waals surface area contributed by atoms with Gasteiger partial charge < -0.3 is 11.5 Å². The Morgan fingerprint density at radius 2 is 1.17 bits per heavy atom. The molecule has 0 spiro atoms. The molecule has 0 bridgehead atoms. The van der Waals surface area contributed by atoms with Gasteiger partial charge in [-0.3, -0.25) is 4.79 Å². The van der Waals surface area contributed by atoms with Gasteiger partial charge in [-0.05, 0) is 36.4 Å². The Morgan fingerprint density at radius 1 is 0.708 bits per heavy atom. The van der Waals surface area contributed by atoms with Crippen LogP contribution in [0.3, 0.4) is 0 Å². The zero-order valence-electron chi connectivity index (χ0n) is 13.0. The lowest BCUT2D eigenvalue weighted by Crippen LogP contribution is -2.00. The standard InChI is InChI=1S/C13H11NO.C7H6N2/c14-12-8-6-11(7-9-12)13(15)10-4-2-1-3-5-10;1-9-7-4-2-6(8)3-5-7/h1-9H,14H2;2-5H,8H2. The van der Waals surface area contributed by atoms with Gasteiger partial charge in [0.05, 0.1) is 6.57 Å². The molecule has 0 saturated heterocycles. The minimum absolute atomic E-state index is 0.0237. The topological polar surface area (TPSA) is 73.5 Å².